The van der Waals surface area contributed by atoms with Gasteiger partial charge in [-0.15, -0.1) is 0 Å². The zero-order valence-electron chi connectivity index (χ0n) is 20.3. The second-order valence-corrected chi connectivity index (χ2v) is 9.45. The summed E-state index contributed by atoms with van der Waals surface area (Å²) in [6.45, 7) is 3.07. The normalized spacial score (nSPS) is 15.3. The molecule has 0 aliphatic carbocycles. The number of thiocarbonyl (C=S) groups is 1. The molecule has 0 spiro atoms. The van der Waals surface area contributed by atoms with Crippen LogP contribution in [0.4, 0.5) is 15.8 Å². The van der Waals surface area contributed by atoms with Gasteiger partial charge in [0, 0.05) is 17.3 Å². The Labute approximate surface area is 226 Å². The largest absolute Gasteiger partial charge is 0.494 e. The fourth-order valence-corrected chi connectivity index (χ4v) is 4.60. The summed E-state index contributed by atoms with van der Waals surface area (Å²) in [7, 11) is 0. The van der Waals surface area contributed by atoms with Gasteiger partial charge >= 0.3 is 0 Å². The predicted molar refractivity (Wildman–Crippen MR) is 148 cm³/mol. The number of hydrogen-bond donors (Lipinski definition) is 1. The Morgan fingerprint density at radius 2 is 1.73 bits per heavy atom. The van der Waals surface area contributed by atoms with Crippen LogP contribution >= 0.6 is 23.8 Å². The van der Waals surface area contributed by atoms with Gasteiger partial charge in [-0.05, 0) is 91.3 Å². The fraction of sp³-hybridized carbons (Fsp3) is 0.250. The molecule has 9 heteroatoms. The van der Waals surface area contributed by atoms with Crippen molar-refractivity contribution < 1.29 is 18.7 Å². The minimum absolute atomic E-state index is 0.0919. The van der Waals surface area contributed by atoms with E-state index in [0.717, 1.165) is 17.7 Å². The molecular formula is C28H27ClFN3O3S. The molecule has 3 aromatic rings. The van der Waals surface area contributed by atoms with Crippen molar-refractivity contribution in [2.24, 2.45) is 0 Å². The number of halogens is 2. The molecule has 1 fully saturated rings. The van der Waals surface area contributed by atoms with Crippen molar-refractivity contribution in [3.05, 3.63) is 89.2 Å². The van der Waals surface area contributed by atoms with E-state index < -0.39 is 11.9 Å². The van der Waals surface area contributed by atoms with E-state index in [4.69, 9.17) is 28.6 Å². The Morgan fingerprint density at radius 3 is 2.38 bits per heavy atom. The maximum absolute atomic E-state index is 13.5. The number of carbonyl (C=O) groups excluding carboxylic acids is 2. The molecule has 0 unspecified atom stereocenters. The molecule has 1 N–H and O–H groups in total. The van der Waals surface area contributed by atoms with Crippen molar-refractivity contribution in [2.75, 3.05) is 23.4 Å². The second kappa shape index (κ2) is 12.2. The maximum Gasteiger partial charge on any atom is 0.256 e. The molecule has 0 radical (unpaired) electrons. The molecule has 1 atom stereocenters. The first-order chi connectivity index (χ1) is 17.9. The highest BCUT2D eigenvalue weighted by Gasteiger charge is 2.43. The van der Waals surface area contributed by atoms with Crippen LogP contribution in [-0.4, -0.2) is 41.0 Å². The quantitative estimate of drug-likeness (QED) is 0.328. The monoisotopic (exact) mass is 539 g/mol. The van der Waals surface area contributed by atoms with Crippen LogP contribution in [0.25, 0.3) is 0 Å². The van der Waals surface area contributed by atoms with Crippen LogP contribution in [-0.2, 0) is 16.0 Å². The van der Waals surface area contributed by atoms with Crippen LogP contribution < -0.4 is 15.0 Å². The van der Waals surface area contributed by atoms with E-state index in [2.05, 4.69) is 5.32 Å². The first-order valence-electron chi connectivity index (χ1n) is 12.0. The number of amides is 2. The molecule has 1 aliphatic rings. The molecule has 1 heterocycles. The van der Waals surface area contributed by atoms with Crippen molar-refractivity contribution in [2.45, 2.75) is 32.2 Å². The molecule has 0 bridgehead atoms. The minimum Gasteiger partial charge on any atom is -0.494 e. The maximum atomic E-state index is 13.5. The van der Waals surface area contributed by atoms with Crippen molar-refractivity contribution in [3.63, 3.8) is 0 Å². The third kappa shape index (κ3) is 6.64. The average molecular weight is 540 g/mol. The summed E-state index contributed by atoms with van der Waals surface area (Å²) in [5, 5.41) is 3.77. The number of anilines is 2. The lowest BCUT2D eigenvalue weighted by Gasteiger charge is -2.24. The lowest BCUT2D eigenvalue weighted by Crippen LogP contribution is -2.39. The van der Waals surface area contributed by atoms with E-state index >= 15 is 0 Å². The van der Waals surface area contributed by atoms with Crippen molar-refractivity contribution in [1.82, 2.24) is 4.90 Å². The lowest BCUT2D eigenvalue weighted by molar-refractivity contribution is -0.124. The average Bonchev–Trinajstić information content (AvgIpc) is 3.12. The van der Waals surface area contributed by atoms with Crippen molar-refractivity contribution in [3.8, 4) is 5.75 Å². The molecule has 37 heavy (non-hydrogen) atoms. The minimum atomic E-state index is -0.794. The zero-order valence-corrected chi connectivity index (χ0v) is 21.9. The molecule has 6 nitrogen and oxygen atoms in total. The van der Waals surface area contributed by atoms with Gasteiger partial charge in [0.25, 0.3) is 5.91 Å². The summed E-state index contributed by atoms with van der Waals surface area (Å²) in [6, 6.07) is 19.3. The van der Waals surface area contributed by atoms with Crippen LogP contribution in [0, 0.1) is 5.82 Å². The Balaban J connectivity index is 1.50. The van der Waals surface area contributed by atoms with Crippen molar-refractivity contribution >= 4 is 52.1 Å². The van der Waals surface area contributed by atoms with Crippen LogP contribution in [0.1, 0.15) is 25.3 Å². The SMILES string of the molecule is CCCOc1ccc(NC(=O)C[C@@H]2C(=O)N(c3ccc(F)cc3)C(=S)N2CCc2ccc(Cl)cc2)cc1. The number of carbonyl (C=O) groups is 2. The standard InChI is InChI=1S/C28H27ClFN3O3S/c1-2-17-36-24-13-9-22(10-14-24)31-26(34)18-25-27(35)33(23-11-7-21(30)8-12-23)28(37)32(25)16-15-19-3-5-20(29)6-4-19/h3-14,25H,2,15-18H2,1H3,(H,31,34)/t25-/m1/s1. The van der Waals surface area contributed by atoms with Crippen LogP contribution in [0.3, 0.4) is 0 Å². The first-order valence-corrected chi connectivity index (χ1v) is 12.8. The van der Waals surface area contributed by atoms with Crippen LogP contribution in [0.5, 0.6) is 5.75 Å². The van der Waals surface area contributed by atoms with Gasteiger partial charge in [-0.25, -0.2) is 4.39 Å². The highest BCUT2D eigenvalue weighted by molar-refractivity contribution is 7.80. The summed E-state index contributed by atoms with van der Waals surface area (Å²) in [6.07, 6.45) is 1.41. The topological polar surface area (TPSA) is 61.9 Å². The molecule has 1 saturated heterocycles. The van der Waals surface area contributed by atoms with E-state index in [0.29, 0.717) is 36.0 Å². The number of benzene rings is 3. The number of nitrogens with zero attached hydrogens (tertiary/aromatic N) is 2. The Bertz CT molecular complexity index is 1250. The number of rotatable bonds is 10. The molecule has 2 amide bonds. The Morgan fingerprint density at radius 1 is 1.05 bits per heavy atom. The second-order valence-electron chi connectivity index (χ2n) is 8.64. The molecule has 0 aromatic heterocycles. The molecule has 0 saturated carbocycles. The highest BCUT2D eigenvalue weighted by atomic mass is 35.5. The third-order valence-electron chi connectivity index (χ3n) is 5.95. The van der Waals surface area contributed by atoms with Gasteiger partial charge in [0.1, 0.15) is 17.6 Å². The molecular weight excluding hydrogens is 513 g/mol. The van der Waals surface area contributed by atoms with E-state index in [9.17, 15) is 14.0 Å². The van der Waals surface area contributed by atoms with Gasteiger partial charge in [-0.2, -0.15) is 0 Å². The highest BCUT2D eigenvalue weighted by Crippen LogP contribution is 2.28. The van der Waals surface area contributed by atoms with E-state index in [1.54, 1.807) is 41.3 Å². The first kappa shape index (κ1) is 26.6. The van der Waals surface area contributed by atoms with Gasteiger partial charge in [0.15, 0.2) is 5.11 Å². The van der Waals surface area contributed by atoms with Gasteiger partial charge < -0.3 is 15.0 Å². The van der Waals surface area contributed by atoms with Crippen LogP contribution in [0.15, 0.2) is 72.8 Å². The Hall–Kier alpha value is -3.49. The van der Waals surface area contributed by atoms with Gasteiger partial charge in [0.05, 0.1) is 18.7 Å². The number of hydrogen-bond acceptors (Lipinski definition) is 4. The lowest BCUT2D eigenvalue weighted by atomic mass is 10.1. The molecule has 4 rings (SSSR count). The molecule has 1 aliphatic heterocycles. The van der Waals surface area contributed by atoms with Crippen molar-refractivity contribution in [1.29, 1.82) is 0 Å². The smallest absolute Gasteiger partial charge is 0.256 e. The molecule has 3 aromatic carbocycles. The number of nitrogens with one attached hydrogen (secondary N) is 1. The third-order valence-corrected chi connectivity index (χ3v) is 6.62. The van der Waals surface area contributed by atoms with Gasteiger partial charge in [-0.1, -0.05) is 30.7 Å². The number of ether oxygens (including phenoxy) is 1. The summed E-state index contributed by atoms with van der Waals surface area (Å²) in [4.78, 5) is 29.6. The van der Waals surface area contributed by atoms with Crippen LogP contribution in [0.2, 0.25) is 5.02 Å². The van der Waals surface area contributed by atoms with Gasteiger partial charge in [-0.3, -0.25) is 14.5 Å². The van der Waals surface area contributed by atoms with Gasteiger partial charge in [0.2, 0.25) is 5.91 Å². The fourth-order valence-electron chi connectivity index (χ4n) is 4.06. The zero-order chi connectivity index (χ0) is 26.4. The van der Waals surface area contributed by atoms with E-state index in [-0.39, 0.29) is 23.3 Å². The summed E-state index contributed by atoms with van der Waals surface area (Å²) in [5.41, 5.74) is 2.08. The van der Waals surface area contributed by atoms with E-state index in [1.165, 1.54) is 29.2 Å². The summed E-state index contributed by atoms with van der Waals surface area (Å²) < 4.78 is 19.1. The van der Waals surface area contributed by atoms with E-state index in [1.807, 2.05) is 19.1 Å². The predicted octanol–water partition coefficient (Wildman–Crippen LogP) is 5.84. The Kier molecular flexibility index (Phi) is 8.74. The molecule has 192 valence electrons. The summed E-state index contributed by atoms with van der Waals surface area (Å²) in [5.74, 6) is -0.338. The summed E-state index contributed by atoms with van der Waals surface area (Å²) >= 11 is 11.7.